The average molecular weight is 373 g/mol. The van der Waals surface area contributed by atoms with Crippen molar-refractivity contribution in [3.05, 3.63) is 29.3 Å². The van der Waals surface area contributed by atoms with Crippen molar-refractivity contribution in [2.24, 2.45) is 4.99 Å². The Labute approximate surface area is 145 Å². The van der Waals surface area contributed by atoms with Crippen LogP contribution in [0.3, 0.4) is 0 Å². The quantitative estimate of drug-likeness (QED) is 0.744. The number of aliphatic imine (C=N–C) groups is 1. The molecule has 0 bridgehead atoms. The zero-order valence-corrected chi connectivity index (χ0v) is 15.2. The predicted molar refractivity (Wildman–Crippen MR) is 95.4 cm³/mol. The predicted octanol–water partition coefficient (Wildman–Crippen LogP) is 2.14. The van der Waals surface area contributed by atoms with Crippen LogP contribution >= 0.6 is 23.4 Å². The zero-order valence-electron chi connectivity index (χ0n) is 12.8. The number of hydrogen-bond acceptors (Lipinski definition) is 4. The number of halogens is 1. The van der Waals surface area contributed by atoms with Gasteiger partial charge in [-0.2, -0.15) is 4.99 Å². The molecule has 23 heavy (non-hydrogen) atoms. The monoisotopic (exact) mass is 372 g/mol. The molecule has 1 aromatic rings. The Balaban J connectivity index is 2.04. The molecule has 2 fully saturated rings. The highest BCUT2D eigenvalue weighted by atomic mass is 35.5. The van der Waals surface area contributed by atoms with Crippen LogP contribution in [0.5, 0.6) is 0 Å². The first kappa shape index (κ1) is 16.8. The summed E-state index contributed by atoms with van der Waals surface area (Å²) in [6, 6.07) is 5.75. The van der Waals surface area contributed by atoms with Gasteiger partial charge in [-0.25, -0.2) is 8.42 Å². The maximum absolute atomic E-state index is 12.0. The minimum atomic E-state index is -3.05. The third-order valence-electron chi connectivity index (χ3n) is 4.17. The molecule has 0 spiro atoms. The van der Waals surface area contributed by atoms with Crippen LogP contribution in [0.4, 0.5) is 5.69 Å². The molecule has 0 N–H and O–H groups in total. The number of aryl methyl sites for hydroxylation is 2. The van der Waals surface area contributed by atoms with E-state index in [0.29, 0.717) is 5.17 Å². The fourth-order valence-corrected chi connectivity index (χ4v) is 6.87. The first-order valence-corrected chi connectivity index (χ1v) is 10.5. The lowest BCUT2D eigenvalue weighted by molar-refractivity contribution is -0.115. The third kappa shape index (κ3) is 3.27. The second kappa shape index (κ2) is 6.11. The maximum Gasteiger partial charge on any atom is 0.262 e. The van der Waals surface area contributed by atoms with Crippen LogP contribution in [0.25, 0.3) is 0 Å². The molecule has 0 aromatic heterocycles. The highest BCUT2D eigenvalue weighted by Gasteiger charge is 2.49. The Morgan fingerprint density at radius 2 is 2.09 bits per heavy atom. The summed E-state index contributed by atoms with van der Waals surface area (Å²) >= 11 is 6.91. The van der Waals surface area contributed by atoms with Gasteiger partial charge in [0.15, 0.2) is 15.0 Å². The molecule has 2 heterocycles. The Morgan fingerprint density at radius 3 is 2.74 bits per heavy atom. The van der Waals surface area contributed by atoms with Gasteiger partial charge in [0.25, 0.3) is 5.91 Å². The molecule has 1 amide bonds. The van der Waals surface area contributed by atoms with Crippen LogP contribution in [-0.2, 0) is 14.6 Å². The van der Waals surface area contributed by atoms with E-state index in [1.165, 1.54) is 11.8 Å². The van der Waals surface area contributed by atoms with Crippen LogP contribution in [0.2, 0.25) is 0 Å². The number of amidine groups is 1. The fourth-order valence-electron chi connectivity index (χ4n) is 2.88. The third-order valence-corrected chi connectivity index (χ3v) is 7.61. The molecule has 0 unspecified atom stereocenters. The van der Waals surface area contributed by atoms with Gasteiger partial charge in [-0.3, -0.25) is 4.79 Å². The summed E-state index contributed by atoms with van der Waals surface area (Å²) in [7, 11) is -3.05. The second-order valence-electron chi connectivity index (χ2n) is 5.86. The Morgan fingerprint density at radius 1 is 1.35 bits per heavy atom. The number of amides is 1. The number of alkyl halides is 1. The van der Waals surface area contributed by atoms with Gasteiger partial charge in [0, 0.05) is 10.9 Å². The average Bonchev–Trinajstić information content (AvgIpc) is 2.93. The number of anilines is 1. The van der Waals surface area contributed by atoms with E-state index in [-0.39, 0.29) is 28.7 Å². The summed E-state index contributed by atoms with van der Waals surface area (Å²) in [5.74, 6) is -0.382. The van der Waals surface area contributed by atoms with Gasteiger partial charge in [0.2, 0.25) is 0 Å². The standard InChI is InChI=1S/C15H17ClN2O3S2/c1-9-3-4-11(5-10(9)2)18-12-7-23(20,21)8-13(12)22-15(18)17-14(19)6-16/h3-5,12-13H,6-8H2,1-2H3/t12-,13-/m1/s1. The minimum Gasteiger partial charge on any atom is -0.316 e. The number of sulfone groups is 1. The van der Waals surface area contributed by atoms with Gasteiger partial charge in [-0.1, -0.05) is 17.8 Å². The van der Waals surface area contributed by atoms with Gasteiger partial charge < -0.3 is 4.90 Å². The number of rotatable bonds is 2. The molecular formula is C15H17ClN2O3S2. The number of fused-ring (bicyclic) bond motifs is 1. The van der Waals surface area contributed by atoms with E-state index >= 15 is 0 Å². The van der Waals surface area contributed by atoms with E-state index in [4.69, 9.17) is 11.6 Å². The SMILES string of the molecule is Cc1ccc(N2C(=NC(=O)CCl)S[C@@H]3CS(=O)(=O)C[C@H]32)cc1C. The molecule has 124 valence electrons. The lowest BCUT2D eigenvalue weighted by Crippen LogP contribution is -2.37. The summed E-state index contributed by atoms with van der Waals surface area (Å²) < 4.78 is 23.9. The summed E-state index contributed by atoms with van der Waals surface area (Å²) in [6.45, 7) is 4.03. The van der Waals surface area contributed by atoms with Crippen molar-refractivity contribution in [1.29, 1.82) is 0 Å². The van der Waals surface area contributed by atoms with Gasteiger partial charge in [-0.15, -0.1) is 11.6 Å². The molecule has 0 aliphatic carbocycles. The lowest BCUT2D eigenvalue weighted by atomic mass is 10.1. The Kier molecular flexibility index (Phi) is 4.46. The van der Waals surface area contributed by atoms with Crippen LogP contribution < -0.4 is 4.90 Å². The normalized spacial score (nSPS) is 27.4. The fraction of sp³-hybridized carbons (Fsp3) is 0.467. The van der Waals surface area contributed by atoms with E-state index in [1.54, 1.807) is 0 Å². The van der Waals surface area contributed by atoms with Crippen LogP contribution in [0.15, 0.2) is 23.2 Å². The molecule has 0 saturated carbocycles. The molecule has 3 rings (SSSR count). The van der Waals surface area contributed by atoms with E-state index in [0.717, 1.165) is 16.8 Å². The summed E-state index contributed by atoms with van der Waals surface area (Å²) in [6.07, 6.45) is 0. The maximum atomic E-state index is 12.0. The van der Waals surface area contributed by atoms with Gasteiger partial charge in [-0.05, 0) is 37.1 Å². The number of benzene rings is 1. The van der Waals surface area contributed by atoms with Crippen molar-refractivity contribution >= 4 is 50.0 Å². The summed E-state index contributed by atoms with van der Waals surface area (Å²) in [5, 5.41) is 0.451. The Bertz CT molecular complexity index is 792. The molecule has 8 heteroatoms. The van der Waals surface area contributed by atoms with E-state index in [9.17, 15) is 13.2 Å². The highest BCUT2D eigenvalue weighted by molar-refractivity contribution is 8.16. The lowest BCUT2D eigenvalue weighted by Gasteiger charge is -2.25. The molecule has 5 nitrogen and oxygen atoms in total. The van der Waals surface area contributed by atoms with Crippen molar-refractivity contribution in [3.63, 3.8) is 0 Å². The number of thioether (sulfide) groups is 1. The second-order valence-corrected chi connectivity index (χ2v) is 9.49. The summed E-state index contributed by atoms with van der Waals surface area (Å²) in [5.41, 5.74) is 3.14. The number of carbonyl (C=O) groups is 1. The molecule has 2 aliphatic heterocycles. The summed E-state index contributed by atoms with van der Waals surface area (Å²) in [4.78, 5) is 17.6. The number of carbonyl (C=O) groups excluding carboxylic acids is 1. The van der Waals surface area contributed by atoms with E-state index in [2.05, 4.69) is 4.99 Å². The van der Waals surface area contributed by atoms with Crippen LogP contribution in [0.1, 0.15) is 11.1 Å². The molecule has 2 atom stereocenters. The molecule has 2 aliphatic rings. The van der Waals surface area contributed by atoms with Gasteiger partial charge >= 0.3 is 0 Å². The molecule has 2 saturated heterocycles. The van der Waals surface area contributed by atoms with E-state index < -0.39 is 15.7 Å². The van der Waals surface area contributed by atoms with Crippen molar-refractivity contribution in [2.45, 2.75) is 25.1 Å². The highest BCUT2D eigenvalue weighted by Crippen LogP contribution is 2.41. The largest absolute Gasteiger partial charge is 0.316 e. The van der Waals surface area contributed by atoms with Gasteiger partial charge in [0.05, 0.1) is 17.5 Å². The Hall–Kier alpha value is -1.05. The van der Waals surface area contributed by atoms with Crippen molar-refractivity contribution in [2.75, 3.05) is 22.3 Å². The minimum absolute atomic E-state index is 0.0890. The first-order chi connectivity index (χ1) is 10.8. The van der Waals surface area contributed by atoms with Crippen LogP contribution in [0, 0.1) is 13.8 Å². The molecule has 1 aromatic carbocycles. The zero-order chi connectivity index (χ0) is 16.8. The molecular weight excluding hydrogens is 356 g/mol. The van der Waals surface area contributed by atoms with E-state index in [1.807, 2.05) is 36.9 Å². The number of nitrogens with zero attached hydrogens (tertiary/aromatic N) is 2. The number of hydrogen-bond donors (Lipinski definition) is 0. The molecule has 0 radical (unpaired) electrons. The smallest absolute Gasteiger partial charge is 0.262 e. The van der Waals surface area contributed by atoms with Crippen LogP contribution in [-0.4, -0.2) is 48.2 Å². The van der Waals surface area contributed by atoms with Crippen molar-refractivity contribution < 1.29 is 13.2 Å². The topological polar surface area (TPSA) is 66.8 Å². The van der Waals surface area contributed by atoms with Crippen molar-refractivity contribution in [3.8, 4) is 0 Å². The van der Waals surface area contributed by atoms with Gasteiger partial charge in [0.1, 0.15) is 5.88 Å². The first-order valence-electron chi connectivity index (χ1n) is 7.22. The van der Waals surface area contributed by atoms with Crippen molar-refractivity contribution in [1.82, 2.24) is 0 Å².